The highest BCUT2D eigenvalue weighted by molar-refractivity contribution is 7.17. The van der Waals surface area contributed by atoms with Gasteiger partial charge in [0.15, 0.2) is 6.23 Å². The summed E-state index contributed by atoms with van der Waals surface area (Å²) in [4.78, 5) is 17.4. The molecule has 0 spiro atoms. The van der Waals surface area contributed by atoms with E-state index in [-0.39, 0.29) is 0 Å². The first-order valence-electron chi connectivity index (χ1n) is 8.53. The third-order valence-corrected chi connectivity index (χ3v) is 5.92. The molecule has 1 atom stereocenters. The molecule has 0 aliphatic carbocycles. The first kappa shape index (κ1) is 18.8. The summed E-state index contributed by atoms with van der Waals surface area (Å²) in [7, 11) is 0. The lowest BCUT2D eigenvalue weighted by atomic mass is 9.86. The van der Waals surface area contributed by atoms with Crippen molar-refractivity contribution in [1.82, 2.24) is 4.98 Å². The summed E-state index contributed by atoms with van der Waals surface area (Å²) in [6, 6.07) is 3.63. The average Bonchev–Trinajstić information content (AvgIpc) is 2.84. The quantitative estimate of drug-likeness (QED) is 0.713. The van der Waals surface area contributed by atoms with E-state index in [0.29, 0.717) is 22.5 Å². The number of primary amides is 1. The Morgan fingerprint density at radius 1 is 1.38 bits per heavy atom. The molecule has 6 nitrogen and oxygen atoms in total. The fourth-order valence-corrected chi connectivity index (χ4v) is 4.82. The maximum atomic E-state index is 12.2. The smallest absolute Gasteiger partial charge is 0.251 e. The number of nitrogens with one attached hydrogen (secondary N) is 1. The van der Waals surface area contributed by atoms with E-state index in [1.807, 2.05) is 40.7 Å². The zero-order valence-corrected chi connectivity index (χ0v) is 16.5. The fourth-order valence-electron chi connectivity index (χ4n) is 3.53. The number of amides is 1. The van der Waals surface area contributed by atoms with E-state index in [2.05, 4.69) is 10.3 Å². The second-order valence-corrected chi connectivity index (χ2v) is 8.83. The number of aliphatic hydroxyl groups excluding tert-OH is 1. The van der Waals surface area contributed by atoms with E-state index in [4.69, 9.17) is 10.5 Å². The highest BCUT2D eigenvalue weighted by atomic mass is 32.1. The third-order valence-electron chi connectivity index (χ3n) is 4.45. The van der Waals surface area contributed by atoms with Crippen molar-refractivity contribution in [1.29, 1.82) is 0 Å². The third kappa shape index (κ3) is 3.47. The van der Waals surface area contributed by atoms with Crippen LogP contribution < -0.4 is 11.1 Å². The molecule has 0 fully saturated rings. The molecule has 1 aliphatic heterocycles. The highest BCUT2D eigenvalue weighted by Crippen LogP contribution is 2.48. The first-order chi connectivity index (χ1) is 12.0. The van der Waals surface area contributed by atoms with Gasteiger partial charge in [0.1, 0.15) is 5.00 Å². The molecule has 3 heterocycles. The van der Waals surface area contributed by atoms with E-state index < -0.39 is 23.3 Å². The molecule has 0 bridgehead atoms. The summed E-state index contributed by atoms with van der Waals surface area (Å²) in [6.07, 6.45) is 1.21. The Labute approximate surface area is 157 Å². The lowest BCUT2D eigenvalue weighted by molar-refractivity contribution is -0.135. The number of aliphatic hydroxyl groups is 1. The first-order valence-corrected chi connectivity index (χ1v) is 9.35. The normalized spacial score (nSPS) is 18.8. The number of pyridine rings is 1. The maximum Gasteiger partial charge on any atom is 0.251 e. The van der Waals surface area contributed by atoms with Gasteiger partial charge in [-0.3, -0.25) is 9.78 Å². The Morgan fingerprint density at radius 2 is 2.08 bits per heavy atom. The van der Waals surface area contributed by atoms with Crippen LogP contribution >= 0.6 is 11.3 Å². The molecule has 0 aromatic carbocycles. The van der Waals surface area contributed by atoms with Crippen LogP contribution in [-0.2, 0) is 16.8 Å². The SMILES string of the molecule is Cc1ccc(C(O)Nc2sc3c(c2C(N)=O)CC(C)(C)OC3(C)C)cn1. The Hall–Kier alpha value is -1.96. The summed E-state index contributed by atoms with van der Waals surface area (Å²) in [5.41, 5.74) is 7.57. The van der Waals surface area contributed by atoms with E-state index >= 15 is 0 Å². The molecule has 2 aromatic rings. The van der Waals surface area contributed by atoms with E-state index in [0.717, 1.165) is 16.1 Å². The number of ether oxygens (including phenoxy) is 1. The van der Waals surface area contributed by atoms with E-state index in [1.54, 1.807) is 12.3 Å². The largest absolute Gasteiger partial charge is 0.369 e. The molecule has 4 N–H and O–H groups in total. The maximum absolute atomic E-state index is 12.2. The van der Waals surface area contributed by atoms with Gasteiger partial charge >= 0.3 is 0 Å². The number of aryl methyl sites for hydroxylation is 1. The minimum absolute atomic E-state index is 0.404. The molecule has 0 radical (unpaired) electrons. The van der Waals surface area contributed by atoms with Gasteiger partial charge in [0.2, 0.25) is 0 Å². The predicted octanol–water partition coefficient (Wildman–Crippen LogP) is 3.24. The standard InChI is InChI=1S/C19H25N3O3S/c1-10-6-7-11(9-21-10)16(24)22-17-13(15(20)23)12-8-18(2,3)25-19(4,5)14(12)26-17/h6-7,9,16,22,24H,8H2,1-5H3,(H2,20,23). The fraction of sp³-hybridized carbons (Fsp3) is 0.474. The summed E-state index contributed by atoms with van der Waals surface area (Å²) in [5.74, 6) is -0.507. The van der Waals surface area contributed by atoms with Crippen molar-refractivity contribution in [3.05, 3.63) is 45.6 Å². The van der Waals surface area contributed by atoms with Gasteiger partial charge in [-0.05, 0) is 46.2 Å². The molecule has 2 aromatic heterocycles. The molecule has 1 unspecified atom stereocenters. The number of anilines is 1. The van der Waals surface area contributed by atoms with Crippen LogP contribution in [0.3, 0.4) is 0 Å². The highest BCUT2D eigenvalue weighted by Gasteiger charge is 2.42. The monoisotopic (exact) mass is 375 g/mol. The molecule has 3 rings (SSSR count). The van der Waals surface area contributed by atoms with Crippen LogP contribution in [0.2, 0.25) is 0 Å². The second-order valence-electron chi connectivity index (χ2n) is 7.81. The number of nitrogens with zero attached hydrogens (tertiary/aromatic N) is 1. The van der Waals surface area contributed by atoms with Gasteiger partial charge in [0.25, 0.3) is 5.91 Å². The molecule has 0 saturated heterocycles. The van der Waals surface area contributed by atoms with Gasteiger partial charge in [0.05, 0.1) is 16.8 Å². The minimum Gasteiger partial charge on any atom is -0.369 e. The van der Waals surface area contributed by atoms with Crippen LogP contribution in [0.4, 0.5) is 5.00 Å². The summed E-state index contributed by atoms with van der Waals surface area (Å²) in [5, 5.41) is 14.1. The van der Waals surface area contributed by atoms with Crippen LogP contribution in [0.15, 0.2) is 18.3 Å². The Bertz CT molecular complexity index is 840. The van der Waals surface area contributed by atoms with Crippen molar-refractivity contribution in [2.24, 2.45) is 5.73 Å². The Balaban J connectivity index is 2.02. The Morgan fingerprint density at radius 3 is 2.65 bits per heavy atom. The molecule has 1 aliphatic rings. The van der Waals surface area contributed by atoms with Gasteiger partial charge in [-0.2, -0.15) is 0 Å². The minimum atomic E-state index is -0.988. The number of hydrogen-bond donors (Lipinski definition) is 3. The number of carbonyl (C=O) groups excluding carboxylic acids is 1. The molecular formula is C19H25N3O3S. The molecule has 7 heteroatoms. The number of hydrogen-bond acceptors (Lipinski definition) is 6. The van der Waals surface area contributed by atoms with Gasteiger partial charge in [-0.1, -0.05) is 6.07 Å². The molecule has 1 amide bonds. The summed E-state index contributed by atoms with van der Waals surface area (Å²) < 4.78 is 6.20. The van der Waals surface area contributed by atoms with Crippen molar-refractivity contribution in [2.45, 2.75) is 58.5 Å². The zero-order chi connectivity index (χ0) is 19.3. The van der Waals surface area contributed by atoms with Crippen molar-refractivity contribution < 1.29 is 14.6 Å². The van der Waals surface area contributed by atoms with Crippen molar-refractivity contribution in [3.8, 4) is 0 Å². The Kier molecular flexibility index (Phi) is 4.58. The zero-order valence-electron chi connectivity index (χ0n) is 15.7. The van der Waals surface area contributed by atoms with Crippen molar-refractivity contribution in [3.63, 3.8) is 0 Å². The number of fused-ring (bicyclic) bond motifs is 1. The summed E-state index contributed by atoms with van der Waals surface area (Å²) in [6.45, 7) is 9.85. The van der Waals surface area contributed by atoms with E-state index in [9.17, 15) is 9.90 Å². The van der Waals surface area contributed by atoms with Crippen LogP contribution in [0.1, 0.15) is 66.0 Å². The molecule has 140 valence electrons. The van der Waals surface area contributed by atoms with Crippen LogP contribution in [-0.4, -0.2) is 21.6 Å². The van der Waals surface area contributed by atoms with Gasteiger partial charge < -0.3 is 20.9 Å². The van der Waals surface area contributed by atoms with Gasteiger partial charge in [0, 0.05) is 28.8 Å². The summed E-state index contributed by atoms with van der Waals surface area (Å²) >= 11 is 1.41. The predicted molar refractivity (Wildman–Crippen MR) is 102 cm³/mol. The number of aromatic nitrogens is 1. The lowest BCUT2D eigenvalue weighted by Crippen LogP contribution is -2.42. The number of carbonyl (C=O) groups is 1. The van der Waals surface area contributed by atoms with Crippen molar-refractivity contribution in [2.75, 3.05) is 5.32 Å². The topological polar surface area (TPSA) is 97.5 Å². The lowest BCUT2D eigenvalue weighted by Gasteiger charge is -2.41. The van der Waals surface area contributed by atoms with E-state index in [1.165, 1.54) is 11.3 Å². The van der Waals surface area contributed by atoms with Gasteiger partial charge in [-0.25, -0.2) is 0 Å². The number of nitrogens with two attached hydrogens (primary N) is 1. The molecular weight excluding hydrogens is 350 g/mol. The number of rotatable bonds is 4. The molecule has 26 heavy (non-hydrogen) atoms. The molecule has 0 saturated carbocycles. The number of thiophene rings is 1. The van der Waals surface area contributed by atoms with Crippen LogP contribution in [0.25, 0.3) is 0 Å². The second kappa shape index (κ2) is 6.33. The van der Waals surface area contributed by atoms with Crippen molar-refractivity contribution >= 4 is 22.2 Å². The van der Waals surface area contributed by atoms with Crippen LogP contribution in [0, 0.1) is 6.92 Å². The van der Waals surface area contributed by atoms with Crippen LogP contribution in [0.5, 0.6) is 0 Å². The average molecular weight is 375 g/mol. The van der Waals surface area contributed by atoms with Gasteiger partial charge in [-0.15, -0.1) is 11.3 Å².